The van der Waals surface area contributed by atoms with Gasteiger partial charge < -0.3 is 14.8 Å². The van der Waals surface area contributed by atoms with Crippen LogP contribution in [0.4, 0.5) is 5.69 Å². The second-order valence-electron chi connectivity index (χ2n) is 7.29. The first kappa shape index (κ1) is 23.0. The maximum Gasteiger partial charge on any atom is 0.236 e. The molecule has 2 aromatic rings. The molecule has 7 nitrogen and oxygen atoms in total. The minimum Gasteiger partial charge on any atom is -0.491 e. The van der Waals surface area contributed by atoms with Crippen LogP contribution in [0.15, 0.2) is 60.0 Å². The fraction of sp³-hybridized carbons (Fsp3) is 0.348. The lowest BCUT2D eigenvalue weighted by atomic mass is 9.97. The first-order valence-electron chi connectivity index (χ1n) is 10.2. The van der Waals surface area contributed by atoms with Gasteiger partial charge in [-0.2, -0.15) is 4.31 Å². The van der Waals surface area contributed by atoms with Gasteiger partial charge in [0, 0.05) is 37.2 Å². The van der Waals surface area contributed by atoms with Crippen molar-refractivity contribution >= 4 is 27.7 Å². The molecule has 0 aliphatic carbocycles. The van der Waals surface area contributed by atoms with Gasteiger partial charge in [0.1, 0.15) is 12.4 Å². The molecule has 0 aromatic heterocycles. The molecule has 3 rings (SSSR count). The van der Waals surface area contributed by atoms with Gasteiger partial charge in [-0.05, 0) is 48.7 Å². The quantitative estimate of drug-likeness (QED) is 0.600. The molecular weight excluding hydrogens is 416 g/mol. The number of nitrogens with zero attached hydrogens (tertiary/aromatic N) is 1. The predicted octanol–water partition coefficient (Wildman–Crippen LogP) is 3.36. The first-order valence-corrected chi connectivity index (χ1v) is 11.7. The highest BCUT2D eigenvalue weighted by molar-refractivity contribution is 7.92. The Kier molecular flexibility index (Phi) is 8.22. The third-order valence-corrected chi connectivity index (χ3v) is 6.66. The summed E-state index contributed by atoms with van der Waals surface area (Å²) in [5.74, 6) is 0.393. The van der Waals surface area contributed by atoms with E-state index in [1.54, 1.807) is 37.5 Å². The zero-order valence-corrected chi connectivity index (χ0v) is 18.4. The largest absolute Gasteiger partial charge is 0.491 e. The smallest absolute Gasteiger partial charge is 0.236 e. The number of carbonyl (C=O) groups is 1. The number of carbonyl (C=O) groups excluding carboxylic acids is 1. The van der Waals surface area contributed by atoms with E-state index in [1.807, 2.05) is 30.3 Å². The minimum atomic E-state index is -3.51. The lowest BCUT2D eigenvalue weighted by Gasteiger charge is -2.29. The maximum absolute atomic E-state index is 12.6. The molecule has 2 aromatic carbocycles. The second kappa shape index (κ2) is 11.1. The van der Waals surface area contributed by atoms with Crippen molar-refractivity contribution in [3.05, 3.63) is 65.6 Å². The summed E-state index contributed by atoms with van der Waals surface area (Å²) in [6, 6.07) is 16.5. The Bertz CT molecular complexity index is 967. The molecule has 1 aliphatic rings. The minimum absolute atomic E-state index is 0.0927. The van der Waals surface area contributed by atoms with E-state index in [2.05, 4.69) is 5.32 Å². The Morgan fingerprint density at radius 1 is 1.06 bits per heavy atom. The molecule has 8 heteroatoms. The molecule has 31 heavy (non-hydrogen) atoms. The molecule has 0 spiro atoms. The topological polar surface area (TPSA) is 84.9 Å². The third kappa shape index (κ3) is 6.92. The lowest BCUT2D eigenvalue weighted by molar-refractivity contribution is -0.120. The summed E-state index contributed by atoms with van der Waals surface area (Å²) >= 11 is 0. The van der Waals surface area contributed by atoms with E-state index < -0.39 is 10.0 Å². The van der Waals surface area contributed by atoms with Gasteiger partial charge in [0.15, 0.2) is 0 Å². The lowest BCUT2D eigenvalue weighted by Crippen LogP contribution is -2.40. The molecule has 0 atom stereocenters. The molecule has 1 aliphatic heterocycles. The fourth-order valence-corrected chi connectivity index (χ4v) is 4.53. The fourth-order valence-electron chi connectivity index (χ4n) is 3.31. The van der Waals surface area contributed by atoms with E-state index in [-0.39, 0.29) is 11.8 Å². The standard InChI is InChI=1S/C23H28N2O5S/c1-29-16-17-30-22-9-7-21(8-10-22)24-23(26)20-11-14-25(15-12-20)31(27,28)18-13-19-5-3-2-4-6-19/h2-10,13,18,20H,11-12,14-17H2,1H3,(H,24,26)/b18-13+. The van der Waals surface area contributed by atoms with Gasteiger partial charge in [-0.1, -0.05) is 30.3 Å². The number of amides is 1. The molecule has 0 unspecified atom stereocenters. The number of nitrogens with one attached hydrogen (secondary N) is 1. The molecule has 0 bridgehead atoms. The van der Waals surface area contributed by atoms with Gasteiger partial charge >= 0.3 is 0 Å². The monoisotopic (exact) mass is 444 g/mol. The van der Waals surface area contributed by atoms with E-state index >= 15 is 0 Å². The molecule has 1 fully saturated rings. The zero-order chi connectivity index (χ0) is 22.1. The summed E-state index contributed by atoms with van der Waals surface area (Å²) in [5, 5.41) is 4.14. The van der Waals surface area contributed by atoms with Crippen molar-refractivity contribution in [1.29, 1.82) is 0 Å². The van der Waals surface area contributed by atoms with Crippen LogP contribution in [-0.2, 0) is 19.6 Å². The average Bonchev–Trinajstić information content (AvgIpc) is 2.80. The molecule has 0 radical (unpaired) electrons. The van der Waals surface area contributed by atoms with Crippen molar-refractivity contribution in [2.75, 3.05) is 38.7 Å². The molecule has 0 saturated carbocycles. The average molecular weight is 445 g/mol. The summed E-state index contributed by atoms with van der Waals surface area (Å²) in [7, 11) is -1.89. The van der Waals surface area contributed by atoms with E-state index in [9.17, 15) is 13.2 Å². The summed E-state index contributed by atoms with van der Waals surface area (Å²) in [5.41, 5.74) is 1.51. The Hall–Kier alpha value is -2.68. The normalized spacial score (nSPS) is 15.8. The van der Waals surface area contributed by atoms with Crippen molar-refractivity contribution in [1.82, 2.24) is 4.31 Å². The van der Waals surface area contributed by atoms with Crippen molar-refractivity contribution < 1.29 is 22.7 Å². The number of hydrogen-bond donors (Lipinski definition) is 1. The Balaban J connectivity index is 1.48. The molecule has 1 N–H and O–H groups in total. The number of piperidine rings is 1. The number of hydrogen-bond acceptors (Lipinski definition) is 5. The van der Waals surface area contributed by atoms with Crippen LogP contribution in [0, 0.1) is 5.92 Å². The van der Waals surface area contributed by atoms with Gasteiger partial charge in [-0.15, -0.1) is 0 Å². The summed E-state index contributed by atoms with van der Waals surface area (Å²) in [6.45, 7) is 1.62. The predicted molar refractivity (Wildman–Crippen MR) is 121 cm³/mol. The van der Waals surface area contributed by atoms with Gasteiger partial charge in [0.25, 0.3) is 0 Å². The van der Waals surface area contributed by atoms with E-state index in [4.69, 9.17) is 9.47 Å². The van der Waals surface area contributed by atoms with E-state index in [0.29, 0.717) is 50.6 Å². The maximum atomic E-state index is 12.6. The summed E-state index contributed by atoms with van der Waals surface area (Å²) in [4.78, 5) is 12.6. The number of benzene rings is 2. The van der Waals surface area contributed by atoms with Gasteiger partial charge in [0.2, 0.25) is 15.9 Å². The SMILES string of the molecule is COCCOc1ccc(NC(=O)C2CCN(S(=O)(=O)/C=C/c3ccccc3)CC2)cc1. The van der Waals surface area contributed by atoms with Crippen LogP contribution in [0.3, 0.4) is 0 Å². The van der Waals surface area contributed by atoms with Gasteiger partial charge in [-0.3, -0.25) is 4.79 Å². The van der Waals surface area contributed by atoms with Crippen molar-refractivity contribution in [3.63, 3.8) is 0 Å². The molecule has 166 valence electrons. The first-order chi connectivity index (χ1) is 15.0. The number of ether oxygens (including phenoxy) is 2. The Morgan fingerprint density at radius 3 is 2.39 bits per heavy atom. The summed E-state index contributed by atoms with van der Waals surface area (Å²) < 4.78 is 37.0. The second-order valence-corrected chi connectivity index (χ2v) is 9.11. The summed E-state index contributed by atoms with van der Waals surface area (Å²) in [6.07, 6.45) is 2.57. The highest BCUT2D eigenvalue weighted by Crippen LogP contribution is 2.23. The number of methoxy groups -OCH3 is 1. The third-order valence-electron chi connectivity index (χ3n) is 5.09. The van der Waals surface area contributed by atoms with Crippen LogP contribution in [0.25, 0.3) is 6.08 Å². The van der Waals surface area contributed by atoms with Gasteiger partial charge in [-0.25, -0.2) is 8.42 Å². The van der Waals surface area contributed by atoms with Crippen LogP contribution < -0.4 is 10.1 Å². The van der Waals surface area contributed by atoms with Crippen molar-refractivity contribution in [3.8, 4) is 5.75 Å². The Morgan fingerprint density at radius 2 is 1.74 bits per heavy atom. The molecule has 1 saturated heterocycles. The van der Waals surface area contributed by atoms with Crippen LogP contribution in [0.1, 0.15) is 18.4 Å². The number of sulfonamides is 1. The molecule has 1 amide bonds. The van der Waals surface area contributed by atoms with Crippen molar-refractivity contribution in [2.24, 2.45) is 5.92 Å². The Labute approximate surface area is 183 Å². The van der Waals surface area contributed by atoms with Crippen LogP contribution >= 0.6 is 0 Å². The zero-order valence-electron chi connectivity index (χ0n) is 17.6. The van der Waals surface area contributed by atoms with Crippen LogP contribution in [-0.4, -0.2) is 52.0 Å². The highest BCUT2D eigenvalue weighted by Gasteiger charge is 2.30. The number of anilines is 1. The highest BCUT2D eigenvalue weighted by atomic mass is 32.2. The molecule has 1 heterocycles. The molecular formula is C23H28N2O5S. The van der Waals surface area contributed by atoms with Crippen LogP contribution in [0.2, 0.25) is 0 Å². The van der Waals surface area contributed by atoms with Crippen molar-refractivity contribution in [2.45, 2.75) is 12.8 Å². The van der Waals surface area contributed by atoms with E-state index in [1.165, 1.54) is 9.71 Å². The van der Waals surface area contributed by atoms with Crippen LogP contribution in [0.5, 0.6) is 5.75 Å². The van der Waals surface area contributed by atoms with E-state index in [0.717, 1.165) is 5.56 Å². The number of rotatable bonds is 9. The van der Waals surface area contributed by atoms with Gasteiger partial charge in [0.05, 0.1) is 6.61 Å².